The van der Waals surface area contributed by atoms with E-state index in [2.05, 4.69) is 5.32 Å². The van der Waals surface area contributed by atoms with E-state index in [1.54, 1.807) is 0 Å². The quantitative estimate of drug-likeness (QED) is 0.694. The molecule has 0 aliphatic carbocycles. The fraction of sp³-hybridized carbons (Fsp3) is 0.455. The van der Waals surface area contributed by atoms with Gasteiger partial charge in [0.25, 0.3) is 0 Å². The summed E-state index contributed by atoms with van der Waals surface area (Å²) in [7, 11) is -3.71. The zero-order valence-electron chi connectivity index (χ0n) is 9.93. The van der Waals surface area contributed by atoms with Crippen LogP contribution in [-0.4, -0.2) is 27.7 Å². The third kappa shape index (κ3) is 3.12. The number of hydrogen-bond donors (Lipinski definition) is 3. The van der Waals surface area contributed by atoms with Crippen molar-refractivity contribution < 1.29 is 13.2 Å². The molecule has 1 aliphatic rings. The summed E-state index contributed by atoms with van der Waals surface area (Å²) in [6.07, 6.45) is 1.95. The SMILES string of the molecule is Nc1ccc(S(N)(=O)=O)cc1NC1CCCOC1. The predicted octanol–water partition coefficient (Wildman–Crippen LogP) is 0.507. The topological polar surface area (TPSA) is 107 Å². The van der Waals surface area contributed by atoms with E-state index in [1.165, 1.54) is 18.2 Å². The van der Waals surface area contributed by atoms with Gasteiger partial charge in [-0.25, -0.2) is 13.6 Å². The van der Waals surface area contributed by atoms with Crippen molar-refractivity contribution in [3.8, 4) is 0 Å². The summed E-state index contributed by atoms with van der Waals surface area (Å²) in [5.41, 5.74) is 6.89. The number of primary sulfonamides is 1. The van der Waals surface area contributed by atoms with Crippen LogP contribution in [0.5, 0.6) is 0 Å². The first-order valence-corrected chi connectivity index (χ1v) is 7.28. The third-order valence-corrected chi connectivity index (χ3v) is 3.78. The lowest BCUT2D eigenvalue weighted by Gasteiger charge is -2.25. The van der Waals surface area contributed by atoms with E-state index in [-0.39, 0.29) is 10.9 Å². The monoisotopic (exact) mass is 271 g/mol. The van der Waals surface area contributed by atoms with Gasteiger partial charge in [-0.15, -0.1) is 0 Å². The third-order valence-electron chi connectivity index (χ3n) is 2.87. The first-order valence-electron chi connectivity index (χ1n) is 5.73. The number of anilines is 2. The van der Waals surface area contributed by atoms with Crippen LogP contribution in [0, 0.1) is 0 Å². The summed E-state index contributed by atoms with van der Waals surface area (Å²) in [6, 6.07) is 4.54. The van der Waals surface area contributed by atoms with Gasteiger partial charge < -0.3 is 15.8 Å². The van der Waals surface area contributed by atoms with E-state index in [1.807, 2.05) is 0 Å². The molecule has 18 heavy (non-hydrogen) atoms. The Morgan fingerprint density at radius 3 is 2.78 bits per heavy atom. The van der Waals surface area contributed by atoms with Crippen LogP contribution in [0.3, 0.4) is 0 Å². The summed E-state index contributed by atoms with van der Waals surface area (Å²) >= 11 is 0. The van der Waals surface area contributed by atoms with Crippen LogP contribution in [-0.2, 0) is 14.8 Å². The van der Waals surface area contributed by atoms with Crippen molar-refractivity contribution in [2.45, 2.75) is 23.8 Å². The van der Waals surface area contributed by atoms with Gasteiger partial charge in [-0.2, -0.15) is 0 Å². The Morgan fingerprint density at radius 2 is 2.17 bits per heavy atom. The molecule has 5 N–H and O–H groups in total. The molecule has 1 fully saturated rings. The minimum atomic E-state index is -3.71. The molecular weight excluding hydrogens is 254 g/mol. The number of rotatable bonds is 3. The largest absolute Gasteiger partial charge is 0.397 e. The second-order valence-electron chi connectivity index (χ2n) is 4.35. The lowest BCUT2D eigenvalue weighted by atomic mass is 10.1. The second-order valence-corrected chi connectivity index (χ2v) is 5.91. The van der Waals surface area contributed by atoms with Crippen LogP contribution in [0.25, 0.3) is 0 Å². The van der Waals surface area contributed by atoms with Crippen LogP contribution in [0.1, 0.15) is 12.8 Å². The van der Waals surface area contributed by atoms with E-state index < -0.39 is 10.0 Å². The molecule has 0 amide bonds. The summed E-state index contributed by atoms with van der Waals surface area (Å²) in [6.45, 7) is 1.37. The molecule has 1 saturated heterocycles. The first-order chi connectivity index (χ1) is 8.47. The molecule has 1 aliphatic heterocycles. The average molecular weight is 271 g/mol. The van der Waals surface area contributed by atoms with Gasteiger partial charge >= 0.3 is 0 Å². The number of nitrogen functional groups attached to an aromatic ring is 1. The number of benzene rings is 1. The number of sulfonamides is 1. The van der Waals surface area contributed by atoms with Crippen molar-refractivity contribution in [3.05, 3.63) is 18.2 Å². The predicted molar refractivity (Wildman–Crippen MR) is 69.7 cm³/mol. The number of ether oxygens (including phenoxy) is 1. The lowest BCUT2D eigenvalue weighted by molar-refractivity contribution is 0.0876. The normalized spacial score (nSPS) is 20.6. The molecule has 1 unspecified atom stereocenters. The number of nitrogens with two attached hydrogens (primary N) is 2. The van der Waals surface area contributed by atoms with Crippen molar-refractivity contribution in [1.82, 2.24) is 0 Å². The maximum Gasteiger partial charge on any atom is 0.238 e. The van der Waals surface area contributed by atoms with Gasteiger partial charge in [0, 0.05) is 12.6 Å². The average Bonchev–Trinajstić information content (AvgIpc) is 2.32. The molecule has 0 aromatic heterocycles. The Bertz CT molecular complexity index is 524. The van der Waals surface area contributed by atoms with Crippen molar-refractivity contribution >= 4 is 21.4 Å². The molecule has 1 aromatic rings. The van der Waals surface area contributed by atoms with E-state index >= 15 is 0 Å². The maximum absolute atomic E-state index is 11.3. The van der Waals surface area contributed by atoms with Crippen LogP contribution in [0.15, 0.2) is 23.1 Å². The van der Waals surface area contributed by atoms with Crippen LogP contribution in [0.2, 0.25) is 0 Å². The number of nitrogens with one attached hydrogen (secondary N) is 1. The second kappa shape index (κ2) is 5.13. The fourth-order valence-corrected chi connectivity index (χ4v) is 2.45. The molecule has 1 atom stereocenters. The number of hydrogen-bond acceptors (Lipinski definition) is 5. The molecular formula is C11H17N3O3S. The smallest absolute Gasteiger partial charge is 0.238 e. The molecule has 1 heterocycles. The van der Waals surface area contributed by atoms with Gasteiger partial charge in [-0.3, -0.25) is 0 Å². The van der Waals surface area contributed by atoms with Gasteiger partial charge in [-0.1, -0.05) is 0 Å². The molecule has 0 saturated carbocycles. The van der Waals surface area contributed by atoms with Crippen molar-refractivity contribution in [1.29, 1.82) is 0 Å². The Morgan fingerprint density at radius 1 is 1.39 bits per heavy atom. The Labute approximate surface area is 106 Å². The van der Waals surface area contributed by atoms with E-state index in [9.17, 15) is 8.42 Å². The molecule has 0 spiro atoms. The molecule has 6 nitrogen and oxygen atoms in total. The van der Waals surface area contributed by atoms with Gasteiger partial charge in [-0.05, 0) is 31.0 Å². The van der Waals surface area contributed by atoms with E-state index in [0.717, 1.165) is 19.4 Å². The van der Waals surface area contributed by atoms with E-state index in [0.29, 0.717) is 18.0 Å². The molecule has 0 radical (unpaired) electrons. The zero-order chi connectivity index (χ0) is 13.2. The molecule has 1 aromatic carbocycles. The van der Waals surface area contributed by atoms with E-state index in [4.69, 9.17) is 15.6 Å². The molecule has 0 bridgehead atoms. The van der Waals surface area contributed by atoms with Crippen molar-refractivity contribution in [3.63, 3.8) is 0 Å². The van der Waals surface area contributed by atoms with Gasteiger partial charge in [0.05, 0.1) is 22.9 Å². The Hall–Kier alpha value is -1.31. The highest BCUT2D eigenvalue weighted by molar-refractivity contribution is 7.89. The summed E-state index contributed by atoms with van der Waals surface area (Å²) in [5.74, 6) is 0. The molecule has 7 heteroatoms. The van der Waals surface area contributed by atoms with Crippen LogP contribution < -0.4 is 16.2 Å². The highest BCUT2D eigenvalue weighted by atomic mass is 32.2. The Balaban J connectivity index is 2.21. The lowest BCUT2D eigenvalue weighted by Crippen LogP contribution is -2.30. The molecule has 100 valence electrons. The molecule has 2 rings (SSSR count). The zero-order valence-corrected chi connectivity index (χ0v) is 10.7. The summed E-state index contributed by atoms with van der Waals surface area (Å²) in [5, 5.41) is 8.28. The van der Waals surface area contributed by atoms with Crippen molar-refractivity contribution in [2.24, 2.45) is 5.14 Å². The van der Waals surface area contributed by atoms with Gasteiger partial charge in [0.15, 0.2) is 0 Å². The first kappa shape index (κ1) is 13.1. The van der Waals surface area contributed by atoms with Crippen LogP contribution in [0.4, 0.5) is 11.4 Å². The Kier molecular flexibility index (Phi) is 3.74. The minimum Gasteiger partial charge on any atom is -0.397 e. The highest BCUT2D eigenvalue weighted by Crippen LogP contribution is 2.24. The summed E-state index contributed by atoms with van der Waals surface area (Å²) in [4.78, 5) is 0.0518. The summed E-state index contributed by atoms with van der Waals surface area (Å²) < 4.78 is 27.9. The van der Waals surface area contributed by atoms with Crippen molar-refractivity contribution in [2.75, 3.05) is 24.3 Å². The van der Waals surface area contributed by atoms with Crippen LogP contribution >= 0.6 is 0 Å². The minimum absolute atomic E-state index is 0.0518. The fourth-order valence-electron chi connectivity index (χ4n) is 1.91. The maximum atomic E-state index is 11.3. The highest BCUT2D eigenvalue weighted by Gasteiger charge is 2.16. The van der Waals surface area contributed by atoms with Gasteiger partial charge in [0.2, 0.25) is 10.0 Å². The van der Waals surface area contributed by atoms with Gasteiger partial charge in [0.1, 0.15) is 0 Å². The standard InChI is InChI=1S/C11H17N3O3S/c12-10-4-3-9(18(13,15)16)6-11(10)14-8-2-1-5-17-7-8/h3-4,6,8,14H,1-2,5,7,12H2,(H2,13,15,16).